The van der Waals surface area contributed by atoms with Gasteiger partial charge in [-0.25, -0.2) is 0 Å². The number of benzene rings is 1. The van der Waals surface area contributed by atoms with Gasteiger partial charge in [-0.15, -0.1) is 0 Å². The minimum absolute atomic E-state index is 0.108. The number of hydrogen-bond donors (Lipinski definition) is 0. The molecule has 7 heteroatoms. The van der Waals surface area contributed by atoms with Gasteiger partial charge >= 0.3 is 5.97 Å². The fraction of sp³-hybridized carbons (Fsp3) is 0.467. The summed E-state index contributed by atoms with van der Waals surface area (Å²) in [6.07, 6.45) is 1.41. The number of carbonyl (C=O) groups excluding carboxylic acids is 1. The van der Waals surface area contributed by atoms with Gasteiger partial charge in [0.25, 0.3) is 5.69 Å². The lowest BCUT2D eigenvalue weighted by molar-refractivity contribution is -0.384. The molecule has 1 aliphatic rings. The molecule has 0 bridgehead atoms. The van der Waals surface area contributed by atoms with Gasteiger partial charge in [0.2, 0.25) is 0 Å². The third-order valence-corrected chi connectivity index (χ3v) is 3.69. The van der Waals surface area contributed by atoms with Gasteiger partial charge < -0.3 is 9.64 Å². The zero-order chi connectivity index (χ0) is 16.1. The summed E-state index contributed by atoms with van der Waals surface area (Å²) >= 11 is 0. The lowest BCUT2D eigenvalue weighted by atomic mass is 9.96. The van der Waals surface area contributed by atoms with Crippen molar-refractivity contribution in [3.63, 3.8) is 0 Å². The Balaban J connectivity index is 2.33. The molecule has 1 saturated heterocycles. The number of anilines is 1. The number of nitro benzene ring substituents is 1. The summed E-state index contributed by atoms with van der Waals surface area (Å²) in [7, 11) is 0. The highest BCUT2D eigenvalue weighted by Gasteiger charge is 2.31. The third-order valence-electron chi connectivity index (χ3n) is 3.69. The van der Waals surface area contributed by atoms with Gasteiger partial charge in [0, 0.05) is 19.2 Å². The van der Waals surface area contributed by atoms with E-state index in [1.54, 1.807) is 17.9 Å². The van der Waals surface area contributed by atoms with Crippen molar-refractivity contribution in [3.05, 3.63) is 33.9 Å². The van der Waals surface area contributed by atoms with Crippen LogP contribution < -0.4 is 4.90 Å². The smallest absolute Gasteiger partial charge is 0.310 e. The molecule has 2 rings (SSSR count). The van der Waals surface area contributed by atoms with Gasteiger partial charge in [-0.2, -0.15) is 5.26 Å². The van der Waals surface area contributed by atoms with Gasteiger partial charge in [-0.1, -0.05) is 6.07 Å². The first kappa shape index (κ1) is 15.8. The first-order valence-corrected chi connectivity index (χ1v) is 7.17. The number of rotatable bonds is 4. The molecule has 116 valence electrons. The number of nitrogens with zero attached hydrogens (tertiary/aromatic N) is 3. The van der Waals surface area contributed by atoms with Gasteiger partial charge in [0.15, 0.2) is 0 Å². The molecule has 0 radical (unpaired) electrons. The van der Waals surface area contributed by atoms with Gasteiger partial charge in [-0.3, -0.25) is 14.9 Å². The van der Waals surface area contributed by atoms with Crippen LogP contribution in [0, 0.1) is 27.4 Å². The fourth-order valence-electron chi connectivity index (χ4n) is 2.73. The topological polar surface area (TPSA) is 96.5 Å². The standard InChI is InChI=1S/C15H17N3O4/c1-2-22-15(19)12-6-4-8-17(10-12)14-11(9-16)5-3-7-13(14)18(20)21/h3,5,7,12H,2,4,6,8,10H2,1H3. The van der Waals surface area contributed by atoms with Gasteiger partial charge in [0.1, 0.15) is 11.8 Å². The van der Waals surface area contributed by atoms with E-state index in [4.69, 9.17) is 4.74 Å². The van der Waals surface area contributed by atoms with E-state index in [1.807, 2.05) is 6.07 Å². The van der Waals surface area contributed by atoms with Crippen LogP contribution in [0.2, 0.25) is 0 Å². The molecular formula is C15H17N3O4. The quantitative estimate of drug-likeness (QED) is 0.481. The lowest BCUT2D eigenvalue weighted by Crippen LogP contribution is -2.40. The Morgan fingerprint density at radius 1 is 1.59 bits per heavy atom. The van der Waals surface area contributed by atoms with Crippen molar-refractivity contribution in [2.45, 2.75) is 19.8 Å². The molecule has 22 heavy (non-hydrogen) atoms. The minimum atomic E-state index is -0.496. The zero-order valence-electron chi connectivity index (χ0n) is 12.3. The number of nitriles is 1. The summed E-state index contributed by atoms with van der Waals surface area (Å²) in [6.45, 7) is 2.96. The van der Waals surface area contributed by atoms with Crippen molar-refractivity contribution in [2.24, 2.45) is 5.92 Å². The number of carbonyl (C=O) groups is 1. The molecule has 1 atom stereocenters. The predicted octanol–water partition coefficient (Wildman–Crippen LogP) is 2.25. The second kappa shape index (κ2) is 6.89. The maximum atomic E-state index is 11.9. The van der Waals surface area contributed by atoms with Crippen LogP contribution in [0.25, 0.3) is 0 Å². The van der Waals surface area contributed by atoms with Crippen LogP contribution in [-0.4, -0.2) is 30.6 Å². The monoisotopic (exact) mass is 303 g/mol. The highest BCUT2D eigenvalue weighted by Crippen LogP contribution is 2.34. The zero-order valence-corrected chi connectivity index (χ0v) is 12.3. The van der Waals surface area contributed by atoms with Crippen LogP contribution in [0.15, 0.2) is 18.2 Å². The summed E-state index contributed by atoms with van der Waals surface area (Å²) in [5.74, 6) is -0.607. The van der Waals surface area contributed by atoms with Crippen LogP contribution in [0.5, 0.6) is 0 Å². The molecular weight excluding hydrogens is 286 g/mol. The molecule has 1 heterocycles. The molecule has 1 unspecified atom stereocenters. The van der Waals surface area contributed by atoms with E-state index in [0.717, 1.165) is 6.42 Å². The maximum Gasteiger partial charge on any atom is 0.310 e. The Labute approximate surface area is 128 Å². The highest BCUT2D eigenvalue weighted by atomic mass is 16.6. The second-order valence-corrected chi connectivity index (χ2v) is 5.08. The Morgan fingerprint density at radius 2 is 2.36 bits per heavy atom. The molecule has 1 fully saturated rings. The van der Waals surface area contributed by atoms with Crippen LogP contribution in [0.1, 0.15) is 25.3 Å². The van der Waals surface area contributed by atoms with E-state index in [1.165, 1.54) is 12.1 Å². The number of piperidine rings is 1. The number of nitro groups is 1. The number of hydrogen-bond acceptors (Lipinski definition) is 6. The van der Waals surface area contributed by atoms with E-state index in [0.29, 0.717) is 31.8 Å². The Kier molecular flexibility index (Phi) is 4.94. The Bertz CT molecular complexity index is 624. The Morgan fingerprint density at radius 3 is 3.00 bits per heavy atom. The number of ether oxygens (including phenoxy) is 1. The molecule has 1 aromatic rings. The van der Waals surface area contributed by atoms with Crippen molar-refractivity contribution < 1.29 is 14.5 Å². The summed E-state index contributed by atoms with van der Waals surface area (Å²) in [6, 6.07) is 6.42. The molecule has 7 nitrogen and oxygen atoms in total. The lowest BCUT2D eigenvalue weighted by Gasteiger charge is -2.33. The average molecular weight is 303 g/mol. The van der Waals surface area contributed by atoms with Crippen molar-refractivity contribution in [1.82, 2.24) is 0 Å². The minimum Gasteiger partial charge on any atom is -0.466 e. The maximum absolute atomic E-state index is 11.9. The van der Waals surface area contributed by atoms with Crippen molar-refractivity contribution in [2.75, 3.05) is 24.6 Å². The first-order valence-electron chi connectivity index (χ1n) is 7.17. The molecule has 1 aromatic carbocycles. The summed E-state index contributed by atoms with van der Waals surface area (Å²) < 4.78 is 5.04. The summed E-state index contributed by atoms with van der Waals surface area (Å²) in [5.41, 5.74) is 0.436. The Hall–Kier alpha value is -2.62. The second-order valence-electron chi connectivity index (χ2n) is 5.08. The van der Waals surface area contributed by atoms with Crippen molar-refractivity contribution >= 4 is 17.3 Å². The largest absolute Gasteiger partial charge is 0.466 e. The molecule has 0 saturated carbocycles. The van der Waals surface area contributed by atoms with Crippen LogP contribution in [0.4, 0.5) is 11.4 Å². The van der Waals surface area contributed by atoms with E-state index >= 15 is 0 Å². The summed E-state index contributed by atoms with van der Waals surface area (Å²) in [4.78, 5) is 24.4. The van der Waals surface area contributed by atoms with E-state index in [-0.39, 0.29) is 23.1 Å². The SMILES string of the molecule is CCOC(=O)C1CCCN(c2c(C#N)cccc2[N+](=O)[O-])C1. The van der Waals surface area contributed by atoms with Crippen LogP contribution in [-0.2, 0) is 9.53 Å². The number of esters is 1. The van der Waals surface area contributed by atoms with E-state index < -0.39 is 4.92 Å². The van der Waals surface area contributed by atoms with E-state index in [2.05, 4.69) is 0 Å². The van der Waals surface area contributed by atoms with Gasteiger partial charge in [0.05, 0.1) is 23.0 Å². The van der Waals surface area contributed by atoms with Crippen LogP contribution in [0.3, 0.4) is 0 Å². The van der Waals surface area contributed by atoms with Gasteiger partial charge in [-0.05, 0) is 25.8 Å². The summed E-state index contributed by atoms with van der Waals surface area (Å²) in [5, 5.41) is 20.5. The molecule has 0 aromatic heterocycles. The highest BCUT2D eigenvalue weighted by molar-refractivity contribution is 5.76. The molecule has 0 N–H and O–H groups in total. The first-order chi connectivity index (χ1) is 10.6. The van der Waals surface area contributed by atoms with Crippen LogP contribution >= 0.6 is 0 Å². The third kappa shape index (κ3) is 3.17. The van der Waals surface area contributed by atoms with E-state index in [9.17, 15) is 20.2 Å². The fourth-order valence-corrected chi connectivity index (χ4v) is 2.73. The van der Waals surface area contributed by atoms with Crippen molar-refractivity contribution in [1.29, 1.82) is 5.26 Å². The van der Waals surface area contributed by atoms with Crippen molar-refractivity contribution in [3.8, 4) is 6.07 Å². The normalized spacial score (nSPS) is 17.6. The predicted molar refractivity (Wildman–Crippen MR) is 79.4 cm³/mol. The molecule has 0 amide bonds. The average Bonchev–Trinajstić information content (AvgIpc) is 2.54. The molecule has 1 aliphatic heterocycles. The number of para-hydroxylation sites is 1. The molecule has 0 aliphatic carbocycles. The molecule has 0 spiro atoms.